The number of aromatic nitrogens is 1. The van der Waals surface area contributed by atoms with Gasteiger partial charge in [-0.05, 0) is 98.5 Å². The molecule has 1 heterocycles. The standard InChI is InChI=1S/C42H29N/c1-2-8-28(9-3-1)29-18-22-35(23-19-29)43-40-13-7-6-12-38(40)42-39-27-33(16-14-31(39)21-25-41(42)43)32-20-24-37-34(26-32)17-15-30-10-4-5-11-36(30)37/h1-14,16,18-27H,15,17H2. The van der Waals surface area contributed by atoms with Gasteiger partial charge in [-0.25, -0.2) is 0 Å². The Morgan fingerprint density at radius 3 is 1.95 bits per heavy atom. The lowest BCUT2D eigenvalue weighted by Gasteiger charge is -2.20. The molecular formula is C42H29N. The average molecular weight is 548 g/mol. The van der Waals surface area contributed by atoms with Gasteiger partial charge >= 0.3 is 0 Å². The van der Waals surface area contributed by atoms with E-state index in [1.807, 2.05) is 0 Å². The Morgan fingerprint density at radius 2 is 1.05 bits per heavy atom. The molecule has 0 bridgehead atoms. The highest BCUT2D eigenvalue weighted by Gasteiger charge is 2.18. The molecule has 1 heteroatoms. The van der Waals surface area contributed by atoms with Crippen LogP contribution in [0.3, 0.4) is 0 Å². The normalized spacial score (nSPS) is 12.5. The van der Waals surface area contributed by atoms with E-state index in [4.69, 9.17) is 0 Å². The molecule has 7 aromatic carbocycles. The Hall–Kier alpha value is -5.40. The molecule has 0 radical (unpaired) electrons. The van der Waals surface area contributed by atoms with Crippen molar-refractivity contribution >= 4 is 32.6 Å². The zero-order valence-corrected chi connectivity index (χ0v) is 23.8. The fourth-order valence-corrected chi connectivity index (χ4v) is 7.19. The van der Waals surface area contributed by atoms with Crippen LogP contribution in [0.5, 0.6) is 0 Å². The van der Waals surface area contributed by atoms with Crippen molar-refractivity contribution in [2.75, 3.05) is 0 Å². The smallest absolute Gasteiger partial charge is 0.0547 e. The van der Waals surface area contributed by atoms with Crippen molar-refractivity contribution in [3.05, 3.63) is 163 Å². The first-order valence-electron chi connectivity index (χ1n) is 15.2. The van der Waals surface area contributed by atoms with Crippen LogP contribution >= 0.6 is 0 Å². The summed E-state index contributed by atoms with van der Waals surface area (Å²) in [6.45, 7) is 0. The molecule has 1 aromatic heterocycles. The van der Waals surface area contributed by atoms with E-state index in [1.54, 1.807) is 0 Å². The van der Waals surface area contributed by atoms with Crippen molar-refractivity contribution < 1.29 is 0 Å². The zero-order chi connectivity index (χ0) is 28.3. The molecule has 0 spiro atoms. The molecule has 1 aliphatic carbocycles. The van der Waals surface area contributed by atoms with E-state index in [0.717, 1.165) is 12.8 Å². The van der Waals surface area contributed by atoms with Gasteiger partial charge in [0.1, 0.15) is 0 Å². The van der Waals surface area contributed by atoms with Crippen LogP contribution < -0.4 is 0 Å². The number of hydrogen-bond donors (Lipinski definition) is 0. The summed E-state index contributed by atoms with van der Waals surface area (Å²) in [6.07, 6.45) is 2.20. The van der Waals surface area contributed by atoms with Gasteiger partial charge in [0.25, 0.3) is 0 Å². The van der Waals surface area contributed by atoms with E-state index < -0.39 is 0 Å². The molecular weight excluding hydrogens is 518 g/mol. The van der Waals surface area contributed by atoms with Crippen LogP contribution in [0.15, 0.2) is 152 Å². The number of para-hydroxylation sites is 1. The first kappa shape index (κ1) is 24.2. The lowest BCUT2D eigenvalue weighted by molar-refractivity contribution is 0.942. The molecule has 0 atom stereocenters. The van der Waals surface area contributed by atoms with E-state index in [9.17, 15) is 0 Å². The highest BCUT2D eigenvalue weighted by Crippen LogP contribution is 2.40. The maximum atomic E-state index is 2.42. The molecule has 0 aliphatic heterocycles. The molecule has 43 heavy (non-hydrogen) atoms. The summed E-state index contributed by atoms with van der Waals surface area (Å²) in [5.41, 5.74) is 14.4. The van der Waals surface area contributed by atoms with E-state index >= 15 is 0 Å². The summed E-state index contributed by atoms with van der Waals surface area (Å²) >= 11 is 0. The van der Waals surface area contributed by atoms with Gasteiger partial charge in [-0.2, -0.15) is 0 Å². The minimum Gasteiger partial charge on any atom is -0.309 e. The zero-order valence-electron chi connectivity index (χ0n) is 23.8. The van der Waals surface area contributed by atoms with E-state index in [-0.39, 0.29) is 0 Å². The number of fused-ring (bicyclic) bond motifs is 8. The summed E-state index contributed by atoms with van der Waals surface area (Å²) in [5, 5.41) is 5.17. The predicted molar refractivity (Wildman–Crippen MR) is 182 cm³/mol. The lowest BCUT2D eigenvalue weighted by atomic mass is 9.84. The first-order valence-corrected chi connectivity index (χ1v) is 15.2. The van der Waals surface area contributed by atoms with Gasteiger partial charge in [0.2, 0.25) is 0 Å². The van der Waals surface area contributed by atoms with E-state index in [1.165, 1.54) is 82.8 Å². The van der Waals surface area contributed by atoms with Crippen LogP contribution in [-0.4, -0.2) is 4.57 Å². The van der Waals surface area contributed by atoms with Crippen LogP contribution in [0.1, 0.15) is 11.1 Å². The molecule has 0 unspecified atom stereocenters. The Bertz CT molecular complexity index is 2320. The summed E-state index contributed by atoms with van der Waals surface area (Å²) in [5.74, 6) is 0. The van der Waals surface area contributed by atoms with Gasteiger partial charge in [-0.3, -0.25) is 0 Å². The molecule has 1 aliphatic rings. The van der Waals surface area contributed by atoms with Crippen molar-refractivity contribution in [3.8, 4) is 39.1 Å². The second-order valence-electron chi connectivity index (χ2n) is 11.7. The third kappa shape index (κ3) is 3.86. The topological polar surface area (TPSA) is 4.93 Å². The third-order valence-corrected chi connectivity index (χ3v) is 9.30. The number of aryl methyl sites for hydroxylation is 2. The van der Waals surface area contributed by atoms with Crippen LogP contribution in [0.4, 0.5) is 0 Å². The Morgan fingerprint density at radius 1 is 0.395 bits per heavy atom. The molecule has 0 saturated heterocycles. The van der Waals surface area contributed by atoms with Crippen LogP contribution in [0, 0.1) is 0 Å². The lowest BCUT2D eigenvalue weighted by Crippen LogP contribution is -2.03. The molecule has 0 N–H and O–H groups in total. The number of rotatable bonds is 3. The van der Waals surface area contributed by atoms with Crippen molar-refractivity contribution in [2.45, 2.75) is 12.8 Å². The number of nitrogens with zero attached hydrogens (tertiary/aromatic N) is 1. The van der Waals surface area contributed by atoms with Crippen molar-refractivity contribution in [3.63, 3.8) is 0 Å². The van der Waals surface area contributed by atoms with Gasteiger partial charge in [0.05, 0.1) is 11.0 Å². The maximum Gasteiger partial charge on any atom is 0.0547 e. The largest absolute Gasteiger partial charge is 0.309 e. The molecule has 0 saturated carbocycles. The summed E-state index contributed by atoms with van der Waals surface area (Å²) < 4.78 is 2.42. The monoisotopic (exact) mass is 547 g/mol. The average Bonchev–Trinajstić information content (AvgIpc) is 3.43. The van der Waals surface area contributed by atoms with Crippen LogP contribution in [-0.2, 0) is 12.8 Å². The van der Waals surface area contributed by atoms with Crippen LogP contribution in [0.25, 0.3) is 71.6 Å². The van der Waals surface area contributed by atoms with Gasteiger partial charge < -0.3 is 4.57 Å². The molecule has 9 rings (SSSR count). The Balaban J connectivity index is 1.21. The van der Waals surface area contributed by atoms with Gasteiger partial charge in [0, 0.05) is 16.5 Å². The molecule has 0 amide bonds. The summed E-state index contributed by atoms with van der Waals surface area (Å²) in [6, 6.07) is 55.9. The quantitative estimate of drug-likeness (QED) is 0.207. The summed E-state index contributed by atoms with van der Waals surface area (Å²) in [7, 11) is 0. The SMILES string of the molecule is c1ccc(-c2ccc(-n3c4ccccc4c4c5cc(-c6ccc7c(c6)CCc6ccccc6-7)ccc5ccc43)cc2)cc1. The van der Waals surface area contributed by atoms with Gasteiger partial charge in [-0.15, -0.1) is 0 Å². The Labute approximate surface area is 251 Å². The van der Waals surface area contributed by atoms with Gasteiger partial charge in [0.15, 0.2) is 0 Å². The number of hydrogen-bond acceptors (Lipinski definition) is 0. The summed E-state index contributed by atoms with van der Waals surface area (Å²) in [4.78, 5) is 0. The minimum absolute atomic E-state index is 1.09. The maximum absolute atomic E-state index is 2.42. The molecule has 202 valence electrons. The molecule has 0 fully saturated rings. The fraction of sp³-hybridized carbons (Fsp3) is 0.0476. The second kappa shape index (κ2) is 9.58. The minimum atomic E-state index is 1.09. The van der Waals surface area contributed by atoms with Gasteiger partial charge in [-0.1, -0.05) is 121 Å². The number of benzene rings is 7. The van der Waals surface area contributed by atoms with Crippen molar-refractivity contribution in [2.24, 2.45) is 0 Å². The fourth-order valence-electron chi connectivity index (χ4n) is 7.19. The van der Waals surface area contributed by atoms with E-state index in [2.05, 4.69) is 156 Å². The Kier molecular flexibility index (Phi) is 5.39. The first-order chi connectivity index (χ1) is 21.3. The van der Waals surface area contributed by atoms with Crippen molar-refractivity contribution in [1.29, 1.82) is 0 Å². The predicted octanol–water partition coefficient (Wildman–Crippen LogP) is 11.0. The molecule has 1 nitrogen and oxygen atoms in total. The highest BCUT2D eigenvalue weighted by molar-refractivity contribution is 6.21. The van der Waals surface area contributed by atoms with Crippen molar-refractivity contribution in [1.82, 2.24) is 4.57 Å². The molecule has 8 aromatic rings. The van der Waals surface area contributed by atoms with Crippen LogP contribution in [0.2, 0.25) is 0 Å². The van der Waals surface area contributed by atoms with E-state index in [0.29, 0.717) is 0 Å². The third-order valence-electron chi connectivity index (χ3n) is 9.30. The highest BCUT2D eigenvalue weighted by atomic mass is 15.0. The second-order valence-corrected chi connectivity index (χ2v) is 11.7.